The van der Waals surface area contributed by atoms with E-state index in [-0.39, 0.29) is 17.6 Å². The number of aromatic carboxylic acids is 1. The van der Waals surface area contributed by atoms with Crippen molar-refractivity contribution in [2.24, 2.45) is 0 Å². The summed E-state index contributed by atoms with van der Waals surface area (Å²) in [5, 5.41) is 8.82. The lowest BCUT2D eigenvalue weighted by Gasteiger charge is -2.32. The van der Waals surface area contributed by atoms with Gasteiger partial charge in [-0.2, -0.15) is 0 Å². The van der Waals surface area contributed by atoms with Crippen LogP contribution in [0.3, 0.4) is 0 Å². The van der Waals surface area contributed by atoms with Crippen molar-refractivity contribution in [3.05, 3.63) is 35.4 Å². The summed E-state index contributed by atoms with van der Waals surface area (Å²) in [5.41, 5.74) is 0.701. The van der Waals surface area contributed by atoms with Crippen molar-refractivity contribution in [1.29, 1.82) is 0 Å². The number of piperidine rings is 1. The van der Waals surface area contributed by atoms with Gasteiger partial charge in [-0.25, -0.2) is 4.79 Å². The standard InChI is InChI=1S/C14H17NO4/c1-19-12-3-2-8-15(9-12)13(16)10-4-6-11(7-5-10)14(17)18/h4-7,12H,2-3,8-9H2,1H3,(H,17,18). The molecule has 0 aromatic heterocycles. The van der Waals surface area contributed by atoms with Crippen molar-refractivity contribution >= 4 is 11.9 Å². The Morgan fingerprint density at radius 1 is 1.26 bits per heavy atom. The van der Waals surface area contributed by atoms with Crippen LogP contribution in [0.4, 0.5) is 0 Å². The van der Waals surface area contributed by atoms with Crippen molar-refractivity contribution in [2.45, 2.75) is 18.9 Å². The van der Waals surface area contributed by atoms with E-state index in [0.29, 0.717) is 12.1 Å². The number of carboxylic acids is 1. The average molecular weight is 263 g/mol. The molecule has 1 aliphatic heterocycles. The smallest absolute Gasteiger partial charge is 0.335 e. The zero-order valence-corrected chi connectivity index (χ0v) is 10.8. The number of nitrogens with zero attached hydrogens (tertiary/aromatic N) is 1. The third-order valence-corrected chi connectivity index (χ3v) is 3.38. The summed E-state index contributed by atoms with van der Waals surface area (Å²) < 4.78 is 5.29. The fraction of sp³-hybridized carbons (Fsp3) is 0.429. The molecule has 1 atom stereocenters. The highest BCUT2D eigenvalue weighted by Crippen LogP contribution is 2.16. The van der Waals surface area contributed by atoms with E-state index < -0.39 is 5.97 Å². The van der Waals surface area contributed by atoms with E-state index in [2.05, 4.69) is 0 Å². The highest BCUT2D eigenvalue weighted by atomic mass is 16.5. The molecule has 0 saturated carbocycles. The third-order valence-electron chi connectivity index (χ3n) is 3.38. The van der Waals surface area contributed by atoms with Gasteiger partial charge in [0.05, 0.1) is 11.7 Å². The minimum absolute atomic E-state index is 0.0707. The van der Waals surface area contributed by atoms with Gasteiger partial charge in [-0.15, -0.1) is 0 Å². The first-order valence-electron chi connectivity index (χ1n) is 6.27. The fourth-order valence-corrected chi connectivity index (χ4v) is 2.25. The number of likely N-dealkylation sites (tertiary alicyclic amines) is 1. The highest BCUT2D eigenvalue weighted by Gasteiger charge is 2.24. The van der Waals surface area contributed by atoms with Gasteiger partial charge in [-0.1, -0.05) is 0 Å². The quantitative estimate of drug-likeness (QED) is 0.900. The van der Waals surface area contributed by atoms with Gasteiger partial charge in [-0.3, -0.25) is 4.79 Å². The summed E-state index contributed by atoms with van der Waals surface area (Å²) in [7, 11) is 1.65. The summed E-state index contributed by atoms with van der Waals surface area (Å²) in [6.07, 6.45) is 1.99. The number of methoxy groups -OCH3 is 1. The Morgan fingerprint density at radius 2 is 1.89 bits per heavy atom. The Kier molecular flexibility index (Phi) is 4.16. The lowest BCUT2D eigenvalue weighted by atomic mass is 10.1. The topological polar surface area (TPSA) is 66.8 Å². The van der Waals surface area contributed by atoms with Gasteiger partial charge in [0.25, 0.3) is 5.91 Å². The van der Waals surface area contributed by atoms with Crippen molar-refractivity contribution < 1.29 is 19.4 Å². The molecule has 0 aliphatic carbocycles. The maximum absolute atomic E-state index is 12.3. The van der Waals surface area contributed by atoms with Gasteiger partial charge in [0, 0.05) is 25.8 Å². The molecule has 1 aliphatic rings. The highest BCUT2D eigenvalue weighted by molar-refractivity contribution is 5.96. The van der Waals surface area contributed by atoms with Gasteiger partial charge in [0.1, 0.15) is 0 Å². The average Bonchev–Trinajstić information content (AvgIpc) is 2.46. The number of benzene rings is 1. The third kappa shape index (κ3) is 3.12. The molecule has 102 valence electrons. The first kappa shape index (κ1) is 13.5. The van der Waals surface area contributed by atoms with Crippen LogP contribution in [0.25, 0.3) is 0 Å². The van der Waals surface area contributed by atoms with Crippen LogP contribution in [-0.2, 0) is 4.74 Å². The SMILES string of the molecule is COC1CCCN(C(=O)c2ccc(C(=O)O)cc2)C1. The van der Waals surface area contributed by atoms with E-state index in [1.54, 1.807) is 24.1 Å². The van der Waals surface area contributed by atoms with Crippen molar-refractivity contribution in [1.82, 2.24) is 4.90 Å². The Hall–Kier alpha value is -1.88. The summed E-state index contributed by atoms with van der Waals surface area (Å²) in [6, 6.07) is 6.02. The molecule has 1 amide bonds. The van der Waals surface area contributed by atoms with Crippen LogP contribution in [-0.4, -0.2) is 48.2 Å². The van der Waals surface area contributed by atoms with Gasteiger partial charge < -0.3 is 14.7 Å². The second kappa shape index (κ2) is 5.84. The van der Waals surface area contributed by atoms with Gasteiger partial charge >= 0.3 is 5.97 Å². The molecule has 5 heteroatoms. The van der Waals surface area contributed by atoms with Crippen molar-refractivity contribution in [3.8, 4) is 0 Å². The van der Waals surface area contributed by atoms with E-state index in [9.17, 15) is 9.59 Å². The molecule has 1 heterocycles. The summed E-state index contributed by atoms with van der Waals surface area (Å²) in [6.45, 7) is 1.31. The lowest BCUT2D eigenvalue weighted by Crippen LogP contribution is -2.42. The molecule has 1 N–H and O–H groups in total. The molecule has 1 aromatic carbocycles. The largest absolute Gasteiger partial charge is 0.478 e. The van der Waals surface area contributed by atoms with E-state index in [1.807, 2.05) is 0 Å². The maximum atomic E-state index is 12.3. The summed E-state index contributed by atoms with van der Waals surface area (Å²) in [5.74, 6) is -1.06. The molecule has 0 spiro atoms. The van der Waals surface area contributed by atoms with Crippen LogP contribution < -0.4 is 0 Å². The molecule has 0 bridgehead atoms. The molecule has 1 fully saturated rings. The number of rotatable bonds is 3. The zero-order chi connectivity index (χ0) is 13.8. The van der Waals surface area contributed by atoms with Crippen LogP contribution in [0.5, 0.6) is 0 Å². The predicted molar refractivity (Wildman–Crippen MR) is 69.3 cm³/mol. The van der Waals surface area contributed by atoms with Crippen LogP contribution >= 0.6 is 0 Å². The minimum atomic E-state index is -0.989. The Labute approximate surface area is 111 Å². The second-order valence-electron chi connectivity index (χ2n) is 4.63. The van der Waals surface area contributed by atoms with E-state index in [4.69, 9.17) is 9.84 Å². The molecule has 5 nitrogen and oxygen atoms in total. The summed E-state index contributed by atoms with van der Waals surface area (Å²) >= 11 is 0. The second-order valence-corrected chi connectivity index (χ2v) is 4.63. The summed E-state index contributed by atoms with van der Waals surface area (Å²) in [4.78, 5) is 24.8. The minimum Gasteiger partial charge on any atom is -0.478 e. The Balaban J connectivity index is 2.08. The van der Waals surface area contributed by atoms with Crippen LogP contribution in [0.2, 0.25) is 0 Å². The number of hydrogen-bond acceptors (Lipinski definition) is 3. The monoisotopic (exact) mass is 263 g/mol. The zero-order valence-electron chi connectivity index (χ0n) is 10.8. The maximum Gasteiger partial charge on any atom is 0.335 e. The number of amides is 1. The molecule has 19 heavy (non-hydrogen) atoms. The lowest BCUT2D eigenvalue weighted by molar-refractivity contribution is 0.0269. The van der Waals surface area contributed by atoms with E-state index in [0.717, 1.165) is 19.4 Å². The Bertz CT molecular complexity index is 469. The van der Waals surface area contributed by atoms with Crippen LogP contribution in [0.1, 0.15) is 33.6 Å². The number of ether oxygens (including phenoxy) is 1. The molecule has 1 unspecified atom stereocenters. The molecular weight excluding hydrogens is 246 g/mol. The fourth-order valence-electron chi connectivity index (χ4n) is 2.25. The predicted octanol–water partition coefficient (Wildman–Crippen LogP) is 1.64. The normalized spacial score (nSPS) is 19.2. The van der Waals surface area contributed by atoms with Crippen molar-refractivity contribution in [2.75, 3.05) is 20.2 Å². The van der Waals surface area contributed by atoms with E-state index >= 15 is 0 Å². The number of carbonyl (C=O) groups excluding carboxylic acids is 1. The molecule has 2 rings (SSSR count). The van der Waals surface area contributed by atoms with Crippen molar-refractivity contribution in [3.63, 3.8) is 0 Å². The van der Waals surface area contributed by atoms with E-state index in [1.165, 1.54) is 12.1 Å². The Morgan fingerprint density at radius 3 is 2.47 bits per heavy atom. The van der Waals surface area contributed by atoms with Gasteiger partial charge in [-0.05, 0) is 37.1 Å². The first-order valence-corrected chi connectivity index (χ1v) is 6.27. The van der Waals surface area contributed by atoms with Crippen LogP contribution in [0, 0.1) is 0 Å². The number of hydrogen-bond donors (Lipinski definition) is 1. The van der Waals surface area contributed by atoms with Crippen LogP contribution in [0.15, 0.2) is 24.3 Å². The number of carbonyl (C=O) groups is 2. The first-order chi connectivity index (χ1) is 9.11. The molecule has 0 radical (unpaired) electrons. The van der Waals surface area contributed by atoms with Gasteiger partial charge in [0.2, 0.25) is 0 Å². The molecule has 1 saturated heterocycles. The molecular formula is C14H17NO4. The van der Waals surface area contributed by atoms with Gasteiger partial charge in [0.15, 0.2) is 0 Å². The number of carboxylic acid groups (broad SMARTS) is 1. The molecule has 1 aromatic rings.